The molecule has 0 aromatic heterocycles. The van der Waals surface area contributed by atoms with Gasteiger partial charge in [-0.1, -0.05) is 0 Å². The van der Waals surface area contributed by atoms with Crippen molar-refractivity contribution in [1.29, 1.82) is 5.26 Å². The van der Waals surface area contributed by atoms with Crippen molar-refractivity contribution in [2.45, 2.75) is 26.0 Å². The van der Waals surface area contributed by atoms with Crippen LogP contribution in [0.2, 0.25) is 0 Å². The lowest BCUT2D eigenvalue weighted by atomic mass is 10.1. The van der Waals surface area contributed by atoms with Crippen molar-refractivity contribution >= 4 is 21.6 Å². The molecule has 0 aliphatic carbocycles. The normalized spacial score (nSPS) is 24.5. The van der Waals surface area contributed by atoms with Gasteiger partial charge in [-0.05, 0) is 48.0 Å². The molecule has 0 radical (unpaired) electrons. The van der Waals surface area contributed by atoms with Crippen LogP contribution in [0.3, 0.4) is 0 Å². The number of nitrogens with zero attached hydrogens (tertiary/aromatic N) is 2. The van der Waals surface area contributed by atoms with E-state index in [9.17, 15) is 0 Å². The van der Waals surface area contributed by atoms with Crippen molar-refractivity contribution in [1.82, 2.24) is 0 Å². The van der Waals surface area contributed by atoms with E-state index in [2.05, 4.69) is 40.7 Å². The predicted octanol–water partition coefficient (Wildman–Crippen LogP) is 2.93. The Morgan fingerprint density at radius 3 is 2.88 bits per heavy atom. The van der Waals surface area contributed by atoms with Gasteiger partial charge in [-0.3, -0.25) is 0 Å². The van der Waals surface area contributed by atoms with Crippen LogP contribution in [0, 0.1) is 11.3 Å². The van der Waals surface area contributed by atoms with Crippen molar-refractivity contribution in [2.75, 3.05) is 18.1 Å². The van der Waals surface area contributed by atoms with Gasteiger partial charge in [0.1, 0.15) is 6.07 Å². The smallest absolute Gasteiger partial charge is 0.100 e. The van der Waals surface area contributed by atoms with Crippen molar-refractivity contribution in [3.8, 4) is 6.07 Å². The third-order valence-electron chi connectivity index (χ3n) is 3.01. The molecule has 0 spiro atoms. The number of benzene rings is 1. The Hall–Kier alpha value is -1.05. The molecule has 1 aliphatic rings. The summed E-state index contributed by atoms with van der Waals surface area (Å²) < 4.78 is 6.46. The highest BCUT2D eigenvalue weighted by atomic mass is 79.9. The summed E-state index contributed by atoms with van der Waals surface area (Å²) in [6.07, 6.45) is 0.251. The van der Waals surface area contributed by atoms with Crippen LogP contribution in [-0.4, -0.2) is 25.3 Å². The fourth-order valence-corrected chi connectivity index (χ4v) is 2.49. The summed E-state index contributed by atoms with van der Waals surface area (Å²) in [5.74, 6) is 0. The molecule has 0 saturated carbocycles. The van der Waals surface area contributed by atoms with Gasteiger partial charge in [0.25, 0.3) is 0 Å². The van der Waals surface area contributed by atoms with E-state index in [1.54, 1.807) is 0 Å². The number of ether oxygens (including phenoxy) is 1. The second kappa shape index (κ2) is 5.07. The lowest BCUT2D eigenvalue weighted by molar-refractivity contribution is 0.0344. The lowest BCUT2D eigenvalue weighted by Crippen LogP contribution is -2.47. The topological polar surface area (TPSA) is 36.3 Å². The molecule has 0 amide bonds. The molecule has 1 fully saturated rings. The highest BCUT2D eigenvalue weighted by Crippen LogP contribution is 2.27. The summed E-state index contributed by atoms with van der Waals surface area (Å²) in [5.41, 5.74) is 1.81. The Morgan fingerprint density at radius 2 is 2.24 bits per heavy atom. The van der Waals surface area contributed by atoms with E-state index >= 15 is 0 Å². The van der Waals surface area contributed by atoms with E-state index in [-0.39, 0.29) is 6.10 Å². The molecule has 4 heteroatoms. The fraction of sp³-hybridized carbons (Fsp3) is 0.462. The van der Waals surface area contributed by atoms with Crippen LogP contribution in [0.25, 0.3) is 0 Å². The molecule has 2 atom stereocenters. The monoisotopic (exact) mass is 294 g/mol. The molecule has 0 bridgehead atoms. The zero-order chi connectivity index (χ0) is 12.4. The van der Waals surface area contributed by atoms with Gasteiger partial charge < -0.3 is 9.64 Å². The van der Waals surface area contributed by atoms with Crippen LogP contribution in [0.1, 0.15) is 19.4 Å². The summed E-state index contributed by atoms with van der Waals surface area (Å²) in [6.45, 7) is 5.87. The van der Waals surface area contributed by atoms with Crippen LogP contribution in [-0.2, 0) is 4.74 Å². The maximum atomic E-state index is 8.90. The van der Waals surface area contributed by atoms with Crippen LogP contribution in [0.4, 0.5) is 5.69 Å². The number of hydrogen-bond donors (Lipinski definition) is 0. The number of hydrogen-bond acceptors (Lipinski definition) is 3. The summed E-state index contributed by atoms with van der Waals surface area (Å²) in [7, 11) is 0. The van der Waals surface area contributed by atoms with Crippen molar-refractivity contribution in [3.05, 3.63) is 28.2 Å². The lowest BCUT2D eigenvalue weighted by Gasteiger charge is -2.38. The van der Waals surface area contributed by atoms with Gasteiger partial charge in [-0.2, -0.15) is 5.26 Å². The van der Waals surface area contributed by atoms with Gasteiger partial charge in [0.2, 0.25) is 0 Å². The number of anilines is 1. The Morgan fingerprint density at radius 1 is 1.47 bits per heavy atom. The van der Waals surface area contributed by atoms with Crippen LogP contribution in [0.5, 0.6) is 0 Å². The predicted molar refractivity (Wildman–Crippen MR) is 71.1 cm³/mol. The summed E-state index contributed by atoms with van der Waals surface area (Å²) in [6, 6.07) is 8.38. The van der Waals surface area contributed by atoms with Crippen LogP contribution in [0.15, 0.2) is 22.7 Å². The van der Waals surface area contributed by atoms with Crippen LogP contribution >= 0.6 is 15.9 Å². The second-order valence-electron chi connectivity index (χ2n) is 4.42. The molecule has 1 aromatic rings. The molecule has 2 unspecified atom stereocenters. The molecular weight excluding hydrogens is 280 g/mol. The number of rotatable bonds is 1. The maximum absolute atomic E-state index is 8.90. The highest BCUT2D eigenvalue weighted by molar-refractivity contribution is 9.10. The molecule has 1 heterocycles. The minimum Gasteiger partial charge on any atom is -0.375 e. The van der Waals surface area contributed by atoms with E-state index in [1.165, 1.54) is 0 Å². The first-order valence-corrected chi connectivity index (χ1v) is 6.49. The van der Waals surface area contributed by atoms with Crippen molar-refractivity contribution < 1.29 is 4.74 Å². The van der Waals surface area contributed by atoms with E-state index in [0.29, 0.717) is 11.6 Å². The van der Waals surface area contributed by atoms with E-state index in [1.807, 2.05) is 18.2 Å². The van der Waals surface area contributed by atoms with Gasteiger partial charge in [-0.15, -0.1) is 0 Å². The third-order valence-corrected chi connectivity index (χ3v) is 3.67. The number of morpholine rings is 1. The molecule has 1 aliphatic heterocycles. The van der Waals surface area contributed by atoms with Crippen molar-refractivity contribution in [3.63, 3.8) is 0 Å². The molecule has 2 rings (SSSR count). The Bertz CT molecular complexity index is 455. The number of nitriles is 1. The van der Waals surface area contributed by atoms with Gasteiger partial charge in [0, 0.05) is 22.7 Å². The molecule has 90 valence electrons. The van der Waals surface area contributed by atoms with Crippen LogP contribution < -0.4 is 4.90 Å². The first kappa shape index (κ1) is 12.4. The largest absolute Gasteiger partial charge is 0.375 e. The summed E-state index contributed by atoms with van der Waals surface area (Å²) >= 11 is 3.43. The summed E-state index contributed by atoms with van der Waals surface area (Å²) in [4.78, 5) is 2.32. The van der Waals surface area contributed by atoms with Crippen molar-refractivity contribution in [2.24, 2.45) is 0 Å². The first-order valence-electron chi connectivity index (χ1n) is 5.69. The van der Waals surface area contributed by atoms with E-state index < -0.39 is 0 Å². The zero-order valence-corrected chi connectivity index (χ0v) is 11.6. The average molecular weight is 295 g/mol. The van der Waals surface area contributed by atoms with E-state index in [4.69, 9.17) is 10.00 Å². The van der Waals surface area contributed by atoms with Gasteiger partial charge in [0.15, 0.2) is 0 Å². The fourth-order valence-electron chi connectivity index (χ4n) is 2.04. The maximum Gasteiger partial charge on any atom is 0.100 e. The average Bonchev–Trinajstić information content (AvgIpc) is 2.32. The SMILES string of the molecule is CC1CN(c2ccc(C#N)c(Br)c2)C(C)CO1. The minimum absolute atomic E-state index is 0.251. The Balaban J connectivity index is 2.27. The van der Waals surface area contributed by atoms with Gasteiger partial charge in [-0.25, -0.2) is 0 Å². The molecule has 1 aromatic carbocycles. The zero-order valence-electron chi connectivity index (χ0n) is 9.98. The Labute approximate surface area is 110 Å². The minimum atomic E-state index is 0.251. The van der Waals surface area contributed by atoms with Gasteiger partial charge in [0.05, 0.1) is 18.3 Å². The molecular formula is C13H15BrN2O. The molecule has 1 saturated heterocycles. The van der Waals surface area contributed by atoms with Gasteiger partial charge >= 0.3 is 0 Å². The summed E-state index contributed by atoms with van der Waals surface area (Å²) in [5, 5.41) is 8.90. The first-order chi connectivity index (χ1) is 8.11. The molecule has 17 heavy (non-hydrogen) atoms. The second-order valence-corrected chi connectivity index (χ2v) is 5.28. The Kier molecular flexibility index (Phi) is 3.70. The highest BCUT2D eigenvalue weighted by Gasteiger charge is 2.23. The molecule has 0 N–H and O–H groups in total. The quantitative estimate of drug-likeness (QED) is 0.799. The standard InChI is InChI=1S/C13H15BrN2O/c1-9-8-17-10(2)7-16(9)12-4-3-11(6-15)13(14)5-12/h3-5,9-10H,7-8H2,1-2H3. The molecule has 3 nitrogen and oxygen atoms in total. The third kappa shape index (κ3) is 2.62. The van der Waals surface area contributed by atoms with E-state index in [0.717, 1.165) is 23.3 Å². The number of halogens is 1.